The summed E-state index contributed by atoms with van der Waals surface area (Å²) in [5, 5.41) is 2.98. The standard InChI is InChI=1S/C19H22BrNO3/c1-5-24-18-15(20)10-13(11-17(18)23-4)19(22)21-16-9-7-6-8-14(16)12(2)3/h6-12H,5H2,1-4H3,(H,21,22). The fourth-order valence-corrected chi connectivity index (χ4v) is 3.00. The van der Waals surface area contributed by atoms with E-state index in [1.54, 1.807) is 19.2 Å². The van der Waals surface area contributed by atoms with Gasteiger partial charge >= 0.3 is 0 Å². The molecule has 5 heteroatoms. The zero-order chi connectivity index (χ0) is 17.7. The van der Waals surface area contributed by atoms with Crippen molar-refractivity contribution in [2.45, 2.75) is 26.7 Å². The average Bonchev–Trinajstić information content (AvgIpc) is 2.56. The van der Waals surface area contributed by atoms with Crippen LogP contribution in [0.2, 0.25) is 0 Å². The van der Waals surface area contributed by atoms with Crippen LogP contribution in [0.1, 0.15) is 42.6 Å². The van der Waals surface area contributed by atoms with Crippen molar-refractivity contribution in [3.63, 3.8) is 0 Å². The molecule has 0 saturated carbocycles. The zero-order valence-corrected chi connectivity index (χ0v) is 15.9. The van der Waals surface area contributed by atoms with Crippen molar-refractivity contribution in [2.75, 3.05) is 19.0 Å². The minimum Gasteiger partial charge on any atom is -0.493 e. The molecule has 0 saturated heterocycles. The molecule has 1 amide bonds. The second-order valence-corrected chi connectivity index (χ2v) is 6.47. The van der Waals surface area contributed by atoms with E-state index in [2.05, 4.69) is 35.1 Å². The first-order valence-electron chi connectivity index (χ1n) is 7.88. The summed E-state index contributed by atoms with van der Waals surface area (Å²) in [6, 6.07) is 11.2. The minimum atomic E-state index is -0.190. The van der Waals surface area contributed by atoms with Gasteiger partial charge in [-0.15, -0.1) is 0 Å². The Balaban J connectivity index is 2.32. The highest BCUT2D eigenvalue weighted by Gasteiger charge is 2.16. The number of hydrogen-bond acceptors (Lipinski definition) is 3. The summed E-state index contributed by atoms with van der Waals surface area (Å²) in [4.78, 5) is 12.7. The molecule has 0 fully saturated rings. The van der Waals surface area contributed by atoms with E-state index in [-0.39, 0.29) is 5.91 Å². The number of amides is 1. The van der Waals surface area contributed by atoms with Crippen molar-refractivity contribution in [3.8, 4) is 11.5 Å². The van der Waals surface area contributed by atoms with E-state index in [4.69, 9.17) is 9.47 Å². The van der Waals surface area contributed by atoms with Gasteiger partial charge in [-0.3, -0.25) is 4.79 Å². The number of carbonyl (C=O) groups is 1. The van der Waals surface area contributed by atoms with Crippen molar-refractivity contribution in [1.82, 2.24) is 0 Å². The van der Waals surface area contributed by atoms with Gasteiger partial charge in [-0.2, -0.15) is 0 Å². The Morgan fingerprint density at radius 3 is 2.58 bits per heavy atom. The molecular formula is C19H22BrNO3. The maximum absolute atomic E-state index is 12.7. The topological polar surface area (TPSA) is 47.6 Å². The molecule has 0 bridgehead atoms. The van der Waals surface area contributed by atoms with Gasteiger partial charge in [0.15, 0.2) is 11.5 Å². The van der Waals surface area contributed by atoms with E-state index in [9.17, 15) is 4.79 Å². The highest BCUT2D eigenvalue weighted by molar-refractivity contribution is 9.10. The van der Waals surface area contributed by atoms with Crippen molar-refractivity contribution in [3.05, 3.63) is 52.0 Å². The summed E-state index contributed by atoms with van der Waals surface area (Å²) in [5.74, 6) is 1.25. The highest BCUT2D eigenvalue weighted by Crippen LogP contribution is 2.37. The summed E-state index contributed by atoms with van der Waals surface area (Å²) in [7, 11) is 1.56. The summed E-state index contributed by atoms with van der Waals surface area (Å²) in [6.07, 6.45) is 0. The monoisotopic (exact) mass is 391 g/mol. The van der Waals surface area contributed by atoms with Crippen LogP contribution in [-0.4, -0.2) is 19.6 Å². The lowest BCUT2D eigenvalue weighted by Gasteiger charge is -2.15. The first-order valence-corrected chi connectivity index (χ1v) is 8.67. The number of ether oxygens (including phenoxy) is 2. The largest absolute Gasteiger partial charge is 0.493 e. The lowest BCUT2D eigenvalue weighted by molar-refractivity contribution is 0.102. The van der Waals surface area contributed by atoms with Crippen LogP contribution < -0.4 is 14.8 Å². The fraction of sp³-hybridized carbons (Fsp3) is 0.316. The predicted octanol–water partition coefficient (Wildman–Crippen LogP) is 5.23. The van der Waals surface area contributed by atoms with Crippen LogP contribution >= 0.6 is 15.9 Å². The molecule has 0 aliphatic rings. The number of halogens is 1. The Bertz CT molecular complexity index is 729. The van der Waals surface area contributed by atoms with Gasteiger partial charge in [0.2, 0.25) is 0 Å². The van der Waals surface area contributed by atoms with E-state index in [1.807, 2.05) is 31.2 Å². The Labute approximate surface area is 151 Å². The van der Waals surface area contributed by atoms with Crippen LogP contribution in [0, 0.1) is 0 Å². The number of benzene rings is 2. The maximum Gasteiger partial charge on any atom is 0.255 e. The van der Waals surface area contributed by atoms with Gasteiger partial charge < -0.3 is 14.8 Å². The molecule has 1 N–H and O–H groups in total. The summed E-state index contributed by atoms with van der Waals surface area (Å²) >= 11 is 3.45. The molecule has 2 aromatic rings. The van der Waals surface area contributed by atoms with Crippen LogP contribution in [0.25, 0.3) is 0 Å². The minimum absolute atomic E-state index is 0.190. The second-order valence-electron chi connectivity index (χ2n) is 5.62. The molecule has 0 spiro atoms. The van der Waals surface area contributed by atoms with Crippen LogP contribution in [0.4, 0.5) is 5.69 Å². The second kappa shape index (κ2) is 8.20. The summed E-state index contributed by atoms with van der Waals surface area (Å²) in [6.45, 7) is 6.61. The van der Waals surface area contributed by atoms with E-state index < -0.39 is 0 Å². The van der Waals surface area contributed by atoms with Gasteiger partial charge in [0.1, 0.15) is 0 Å². The third kappa shape index (κ3) is 4.09. The van der Waals surface area contributed by atoms with Gasteiger partial charge in [-0.25, -0.2) is 0 Å². The predicted molar refractivity (Wildman–Crippen MR) is 100 cm³/mol. The van der Waals surface area contributed by atoms with Crippen LogP contribution in [0.15, 0.2) is 40.9 Å². The van der Waals surface area contributed by atoms with Gasteiger partial charge in [-0.05, 0) is 52.5 Å². The van der Waals surface area contributed by atoms with E-state index in [0.29, 0.717) is 34.1 Å². The van der Waals surface area contributed by atoms with Gasteiger partial charge in [0.25, 0.3) is 5.91 Å². The molecule has 4 nitrogen and oxygen atoms in total. The molecule has 24 heavy (non-hydrogen) atoms. The number of methoxy groups -OCH3 is 1. The lowest BCUT2D eigenvalue weighted by Crippen LogP contribution is -2.14. The van der Waals surface area contributed by atoms with E-state index in [1.165, 1.54) is 0 Å². The van der Waals surface area contributed by atoms with Crippen molar-refractivity contribution in [2.24, 2.45) is 0 Å². The lowest BCUT2D eigenvalue weighted by atomic mass is 10.0. The van der Waals surface area contributed by atoms with Crippen molar-refractivity contribution < 1.29 is 14.3 Å². The van der Waals surface area contributed by atoms with Crippen LogP contribution in [0.3, 0.4) is 0 Å². The molecular weight excluding hydrogens is 370 g/mol. The van der Waals surface area contributed by atoms with Crippen molar-refractivity contribution in [1.29, 1.82) is 0 Å². The Kier molecular flexibility index (Phi) is 6.26. The Hall–Kier alpha value is -2.01. The number of nitrogens with one attached hydrogen (secondary N) is 1. The molecule has 128 valence electrons. The van der Waals surface area contributed by atoms with Gasteiger partial charge in [0.05, 0.1) is 18.2 Å². The van der Waals surface area contributed by atoms with Gasteiger partial charge in [0, 0.05) is 11.3 Å². The first kappa shape index (κ1) is 18.3. The first-order chi connectivity index (χ1) is 11.5. The van der Waals surface area contributed by atoms with E-state index >= 15 is 0 Å². The average molecular weight is 392 g/mol. The van der Waals surface area contributed by atoms with E-state index in [0.717, 1.165) is 11.3 Å². The van der Waals surface area contributed by atoms with Gasteiger partial charge in [-0.1, -0.05) is 32.0 Å². The SMILES string of the molecule is CCOc1c(Br)cc(C(=O)Nc2ccccc2C(C)C)cc1OC. The number of hydrogen-bond donors (Lipinski definition) is 1. The fourth-order valence-electron chi connectivity index (χ4n) is 2.44. The Morgan fingerprint density at radius 2 is 1.96 bits per heavy atom. The van der Waals surface area contributed by atoms with Crippen LogP contribution in [0.5, 0.6) is 11.5 Å². The molecule has 2 aromatic carbocycles. The number of para-hydroxylation sites is 1. The van der Waals surface area contributed by atoms with Crippen LogP contribution in [-0.2, 0) is 0 Å². The molecule has 0 unspecified atom stereocenters. The summed E-state index contributed by atoms with van der Waals surface area (Å²) < 4.78 is 11.6. The zero-order valence-electron chi connectivity index (χ0n) is 14.4. The van der Waals surface area contributed by atoms with Crippen molar-refractivity contribution >= 4 is 27.5 Å². The molecule has 0 radical (unpaired) electrons. The number of rotatable bonds is 6. The highest BCUT2D eigenvalue weighted by atomic mass is 79.9. The summed E-state index contributed by atoms with van der Waals surface area (Å²) in [5.41, 5.74) is 2.42. The third-order valence-corrected chi connectivity index (χ3v) is 4.20. The molecule has 0 heterocycles. The third-order valence-electron chi connectivity index (χ3n) is 3.61. The molecule has 2 rings (SSSR count). The molecule has 0 aliphatic carbocycles. The molecule has 0 aromatic heterocycles. The number of carbonyl (C=O) groups excluding carboxylic acids is 1. The molecule has 0 aliphatic heterocycles. The maximum atomic E-state index is 12.7. The Morgan fingerprint density at radius 1 is 1.25 bits per heavy atom. The normalized spacial score (nSPS) is 10.6. The molecule has 0 atom stereocenters. The quantitative estimate of drug-likeness (QED) is 0.732. The smallest absolute Gasteiger partial charge is 0.255 e. The number of anilines is 1.